The van der Waals surface area contributed by atoms with Crippen LogP contribution in [0.25, 0.3) is 0 Å². The molecule has 0 unspecified atom stereocenters. The third kappa shape index (κ3) is 5.47. The molecule has 2 aliphatic heterocycles. The maximum absolute atomic E-state index is 13.8. The van der Waals surface area contributed by atoms with Crippen LogP contribution in [-0.2, 0) is 16.1 Å². The van der Waals surface area contributed by atoms with Gasteiger partial charge >= 0.3 is 6.09 Å². The Labute approximate surface area is 218 Å². The minimum atomic E-state index is -0.667. The number of likely N-dealkylation sites (tertiary alicyclic amines) is 2. The second-order valence-electron chi connectivity index (χ2n) is 8.89. The molecule has 2 amide bonds. The van der Waals surface area contributed by atoms with Crippen LogP contribution in [0.3, 0.4) is 0 Å². The van der Waals surface area contributed by atoms with Crippen molar-refractivity contribution >= 4 is 40.9 Å². The number of carbonyl (C=O) groups excluding carboxylic acids is 3. The molecule has 2 aliphatic rings. The number of ketones is 1. The quantitative estimate of drug-likeness (QED) is 0.412. The number of aromatic nitrogens is 1. The number of ether oxygens (including phenoxy) is 1. The van der Waals surface area contributed by atoms with Crippen molar-refractivity contribution in [3.05, 3.63) is 82.8 Å². The van der Waals surface area contributed by atoms with Gasteiger partial charge in [0.2, 0.25) is 11.7 Å². The second kappa shape index (κ2) is 11.3. The van der Waals surface area contributed by atoms with Gasteiger partial charge in [-0.1, -0.05) is 48.5 Å². The summed E-state index contributed by atoms with van der Waals surface area (Å²) < 4.78 is 5.62. The van der Waals surface area contributed by atoms with Crippen LogP contribution in [0.15, 0.2) is 77.1 Å². The molecule has 3 heterocycles. The van der Waals surface area contributed by atoms with E-state index in [4.69, 9.17) is 4.74 Å². The lowest BCUT2D eigenvalue weighted by molar-refractivity contribution is -0.135. The molecule has 9 heteroatoms. The average Bonchev–Trinajstić information content (AvgIpc) is 3.69. The highest BCUT2D eigenvalue weighted by atomic mass is 32.2. The molecule has 36 heavy (non-hydrogen) atoms. The number of thiazole rings is 1. The highest BCUT2D eigenvalue weighted by Gasteiger charge is 2.46. The van der Waals surface area contributed by atoms with Gasteiger partial charge in [-0.05, 0) is 37.0 Å². The van der Waals surface area contributed by atoms with Gasteiger partial charge in [0, 0.05) is 34.8 Å². The molecule has 7 nitrogen and oxygen atoms in total. The lowest BCUT2D eigenvalue weighted by Crippen LogP contribution is -2.51. The Morgan fingerprint density at radius 3 is 2.47 bits per heavy atom. The summed E-state index contributed by atoms with van der Waals surface area (Å²) in [4.78, 5) is 48.5. The van der Waals surface area contributed by atoms with E-state index in [-0.39, 0.29) is 23.5 Å². The Morgan fingerprint density at radius 1 is 1.00 bits per heavy atom. The van der Waals surface area contributed by atoms with Gasteiger partial charge in [0.15, 0.2) is 5.01 Å². The van der Waals surface area contributed by atoms with Gasteiger partial charge in [-0.25, -0.2) is 9.78 Å². The maximum atomic E-state index is 13.8. The zero-order valence-electron chi connectivity index (χ0n) is 19.7. The number of amides is 2. The summed E-state index contributed by atoms with van der Waals surface area (Å²) in [5.74, 6) is -0.308. The Bertz CT molecular complexity index is 1190. The monoisotopic (exact) mass is 521 g/mol. The molecule has 0 saturated carbocycles. The molecular formula is C27H27N3O4S2. The summed E-state index contributed by atoms with van der Waals surface area (Å²) in [6.07, 6.45) is 2.97. The van der Waals surface area contributed by atoms with Crippen LogP contribution in [0.1, 0.15) is 34.6 Å². The number of hydrogen-bond donors (Lipinski definition) is 0. The second-order valence-corrected chi connectivity index (χ2v) is 11.2. The molecule has 186 valence electrons. The molecule has 0 N–H and O–H groups in total. The lowest BCUT2D eigenvalue weighted by atomic mass is 10.1. The first-order chi connectivity index (χ1) is 17.6. The van der Waals surface area contributed by atoms with Crippen molar-refractivity contribution in [1.29, 1.82) is 0 Å². The van der Waals surface area contributed by atoms with Gasteiger partial charge in [0.05, 0.1) is 6.04 Å². The fourth-order valence-corrected chi connectivity index (χ4v) is 6.63. The number of carbonyl (C=O) groups is 3. The van der Waals surface area contributed by atoms with Gasteiger partial charge in [0.25, 0.3) is 0 Å². The van der Waals surface area contributed by atoms with E-state index >= 15 is 0 Å². The molecule has 3 aromatic rings. The van der Waals surface area contributed by atoms with Gasteiger partial charge < -0.3 is 9.64 Å². The number of nitrogens with zero attached hydrogens (tertiary/aromatic N) is 3. The number of rotatable bonds is 7. The van der Waals surface area contributed by atoms with Crippen molar-refractivity contribution in [3.63, 3.8) is 0 Å². The van der Waals surface area contributed by atoms with Crippen molar-refractivity contribution in [2.24, 2.45) is 0 Å². The zero-order valence-corrected chi connectivity index (χ0v) is 21.3. The predicted octanol–water partition coefficient (Wildman–Crippen LogP) is 4.89. The SMILES string of the molecule is O=C(c1nccs1)[C@@H]1CCCN1C(=O)[C@@H]1C[C@@H](Sc2ccccc2)CN1C(=O)OCc1ccccc1. The Hall–Kier alpha value is -3.17. The molecule has 2 aromatic carbocycles. The van der Waals surface area contributed by atoms with Crippen LogP contribution in [-0.4, -0.2) is 63.0 Å². The summed E-state index contributed by atoms with van der Waals surface area (Å²) in [7, 11) is 0. The summed E-state index contributed by atoms with van der Waals surface area (Å²) in [6, 6.07) is 18.3. The topological polar surface area (TPSA) is 79.8 Å². The Balaban J connectivity index is 1.33. The molecule has 5 rings (SSSR count). The molecule has 2 saturated heterocycles. The lowest BCUT2D eigenvalue weighted by Gasteiger charge is -2.30. The highest BCUT2D eigenvalue weighted by molar-refractivity contribution is 8.00. The van der Waals surface area contributed by atoms with Crippen LogP contribution in [0, 0.1) is 0 Å². The number of Topliss-reactive ketones (excluding diaryl/α,β-unsaturated/α-hetero) is 1. The normalized spacial score (nSPS) is 21.5. The first-order valence-corrected chi connectivity index (χ1v) is 13.8. The molecule has 0 radical (unpaired) electrons. The summed E-state index contributed by atoms with van der Waals surface area (Å²) in [6.45, 7) is 1.05. The number of benzene rings is 2. The van der Waals surface area contributed by atoms with E-state index in [9.17, 15) is 14.4 Å². The van der Waals surface area contributed by atoms with Crippen molar-refractivity contribution < 1.29 is 19.1 Å². The third-order valence-corrected chi connectivity index (χ3v) is 8.52. The van der Waals surface area contributed by atoms with Crippen LogP contribution in [0.5, 0.6) is 0 Å². The molecule has 2 fully saturated rings. The number of thioether (sulfide) groups is 1. The van der Waals surface area contributed by atoms with Crippen molar-refractivity contribution in [2.75, 3.05) is 13.1 Å². The van der Waals surface area contributed by atoms with Crippen LogP contribution in [0.4, 0.5) is 4.79 Å². The summed E-state index contributed by atoms with van der Waals surface area (Å²) in [5, 5.41) is 2.23. The Kier molecular flexibility index (Phi) is 7.67. The van der Waals surface area contributed by atoms with Crippen molar-refractivity contribution in [1.82, 2.24) is 14.8 Å². The minimum absolute atomic E-state index is 0.0429. The highest BCUT2D eigenvalue weighted by Crippen LogP contribution is 2.35. The van der Waals surface area contributed by atoms with E-state index in [1.54, 1.807) is 33.1 Å². The van der Waals surface area contributed by atoms with Crippen LogP contribution in [0.2, 0.25) is 0 Å². The van der Waals surface area contributed by atoms with Gasteiger partial charge in [-0.3, -0.25) is 14.5 Å². The minimum Gasteiger partial charge on any atom is -0.445 e. The molecule has 0 aliphatic carbocycles. The fourth-order valence-electron chi connectivity index (χ4n) is 4.79. The van der Waals surface area contributed by atoms with E-state index < -0.39 is 18.2 Å². The molecule has 1 aromatic heterocycles. The smallest absolute Gasteiger partial charge is 0.410 e. The van der Waals surface area contributed by atoms with E-state index in [0.29, 0.717) is 30.9 Å². The van der Waals surface area contributed by atoms with E-state index in [0.717, 1.165) is 16.9 Å². The molecule has 3 atom stereocenters. The fraction of sp³-hybridized carbons (Fsp3) is 0.333. The number of hydrogen-bond acceptors (Lipinski definition) is 7. The van der Waals surface area contributed by atoms with Gasteiger partial charge in [-0.2, -0.15) is 0 Å². The van der Waals surface area contributed by atoms with E-state index in [2.05, 4.69) is 4.98 Å². The largest absolute Gasteiger partial charge is 0.445 e. The van der Waals surface area contributed by atoms with Gasteiger partial charge in [0.1, 0.15) is 12.6 Å². The molecular weight excluding hydrogens is 494 g/mol. The first kappa shape index (κ1) is 24.5. The zero-order chi connectivity index (χ0) is 24.9. The van der Waals surface area contributed by atoms with E-state index in [1.165, 1.54) is 11.3 Å². The molecule has 0 bridgehead atoms. The predicted molar refractivity (Wildman–Crippen MR) is 139 cm³/mol. The Morgan fingerprint density at radius 2 is 1.75 bits per heavy atom. The molecule has 0 spiro atoms. The van der Waals surface area contributed by atoms with E-state index in [1.807, 2.05) is 60.7 Å². The average molecular weight is 522 g/mol. The standard InChI is InChI=1S/C27H27N3O4S2/c31-24(25-28-13-15-35-25)22-12-7-14-29(22)26(32)23-16-21(36-20-10-5-2-6-11-20)17-30(23)27(33)34-18-19-8-3-1-4-9-19/h1-6,8-11,13,15,21-23H,7,12,14,16-18H2/t21-,22+,23+/m1/s1. The van der Waals surface area contributed by atoms with Crippen LogP contribution >= 0.6 is 23.1 Å². The first-order valence-electron chi connectivity index (χ1n) is 12.0. The summed E-state index contributed by atoms with van der Waals surface area (Å²) in [5.41, 5.74) is 0.886. The van der Waals surface area contributed by atoms with Crippen LogP contribution < -0.4 is 0 Å². The maximum Gasteiger partial charge on any atom is 0.410 e. The van der Waals surface area contributed by atoms with Crippen molar-refractivity contribution in [2.45, 2.75) is 48.1 Å². The third-order valence-electron chi connectivity index (χ3n) is 6.51. The summed E-state index contributed by atoms with van der Waals surface area (Å²) >= 11 is 2.95. The van der Waals surface area contributed by atoms with Gasteiger partial charge in [-0.15, -0.1) is 23.1 Å². The van der Waals surface area contributed by atoms with Crippen molar-refractivity contribution in [3.8, 4) is 0 Å².